The minimum absolute atomic E-state index is 0.0970. The third-order valence-electron chi connectivity index (χ3n) is 2.93. The molecule has 2 rings (SSSR count). The van der Waals surface area contributed by atoms with Gasteiger partial charge in [-0.15, -0.1) is 0 Å². The van der Waals surface area contributed by atoms with Crippen LogP contribution in [0, 0.1) is 0 Å². The van der Waals surface area contributed by atoms with Crippen molar-refractivity contribution in [1.29, 1.82) is 0 Å². The van der Waals surface area contributed by atoms with E-state index in [1.54, 1.807) is 10.8 Å². The number of nitrogens with zero attached hydrogens (tertiary/aromatic N) is 2. The van der Waals surface area contributed by atoms with Gasteiger partial charge in [-0.05, 0) is 12.0 Å². The largest absolute Gasteiger partial charge is 0.375 e. The van der Waals surface area contributed by atoms with Crippen LogP contribution >= 0.6 is 11.6 Å². The summed E-state index contributed by atoms with van der Waals surface area (Å²) in [4.78, 5) is 16.0. The van der Waals surface area contributed by atoms with Gasteiger partial charge in [0.15, 0.2) is 0 Å². The van der Waals surface area contributed by atoms with Gasteiger partial charge in [-0.25, -0.2) is 4.98 Å². The molecule has 0 N–H and O–H groups in total. The van der Waals surface area contributed by atoms with E-state index >= 15 is 0 Å². The van der Waals surface area contributed by atoms with Crippen molar-refractivity contribution in [3.05, 3.63) is 63.3 Å². The van der Waals surface area contributed by atoms with Crippen molar-refractivity contribution in [2.75, 3.05) is 6.61 Å². The van der Waals surface area contributed by atoms with Crippen molar-refractivity contribution < 1.29 is 4.74 Å². The molecule has 1 aromatic heterocycles. The lowest BCUT2D eigenvalue weighted by Crippen LogP contribution is -2.26. The monoisotopic (exact) mass is 292 g/mol. The molecule has 0 aliphatic carbocycles. The van der Waals surface area contributed by atoms with Crippen molar-refractivity contribution >= 4 is 11.6 Å². The number of rotatable bonds is 6. The molecule has 0 bridgehead atoms. The highest BCUT2D eigenvalue weighted by molar-refractivity contribution is 6.29. The van der Waals surface area contributed by atoms with Gasteiger partial charge in [0.25, 0.3) is 5.56 Å². The van der Waals surface area contributed by atoms with Gasteiger partial charge in [0.2, 0.25) is 0 Å². The Bertz CT molecular complexity index is 611. The smallest absolute Gasteiger partial charge is 0.272 e. The Labute approximate surface area is 123 Å². The third-order valence-corrected chi connectivity index (χ3v) is 3.12. The average Bonchev–Trinajstić information content (AvgIpc) is 2.47. The first-order chi connectivity index (χ1) is 9.70. The highest BCUT2D eigenvalue weighted by Crippen LogP contribution is 2.03. The molecule has 1 heterocycles. The molecule has 106 valence electrons. The predicted molar refractivity (Wildman–Crippen MR) is 79.0 cm³/mol. The van der Waals surface area contributed by atoms with Gasteiger partial charge in [-0.2, -0.15) is 0 Å². The number of aromatic nitrogens is 2. The van der Waals surface area contributed by atoms with Gasteiger partial charge in [-0.3, -0.25) is 4.79 Å². The van der Waals surface area contributed by atoms with Crippen LogP contribution in [0.25, 0.3) is 0 Å². The van der Waals surface area contributed by atoms with E-state index in [1.807, 2.05) is 37.3 Å². The fourth-order valence-corrected chi connectivity index (χ4v) is 2.10. The predicted octanol–water partition coefficient (Wildman–Crippen LogP) is 2.68. The number of hydrogen-bond acceptors (Lipinski definition) is 3. The molecule has 1 aromatic carbocycles. The molecule has 0 saturated heterocycles. The van der Waals surface area contributed by atoms with Gasteiger partial charge in [-0.1, -0.05) is 48.9 Å². The molecule has 20 heavy (non-hydrogen) atoms. The maximum absolute atomic E-state index is 12.0. The highest BCUT2D eigenvalue weighted by Gasteiger charge is 2.05. The van der Waals surface area contributed by atoms with Crippen LogP contribution in [0.4, 0.5) is 0 Å². The number of ether oxygens (including phenoxy) is 1. The molecule has 0 amide bonds. The normalized spacial score (nSPS) is 10.7. The molecule has 2 aromatic rings. The summed E-state index contributed by atoms with van der Waals surface area (Å²) in [5, 5.41) is 0.338. The van der Waals surface area contributed by atoms with Crippen LogP contribution in [0.2, 0.25) is 5.15 Å². The van der Waals surface area contributed by atoms with Crippen LogP contribution in [0.15, 0.2) is 41.3 Å². The standard InChI is InChI=1S/C15H17ClN2O2/c1-2-13-15(19)18(10-14(16)17-13)8-9-20-11-12-6-4-3-5-7-12/h3-7,10H,2,8-9,11H2,1H3. The molecule has 0 aliphatic heterocycles. The number of benzene rings is 1. The summed E-state index contributed by atoms with van der Waals surface area (Å²) in [5.41, 5.74) is 1.50. The number of aryl methyl sites for hydroxylation is 1. The molecule has 0 spiro atoms. The van der Waals surface area contributed by atoms with Gasteiger partial charge >= 0.3 is 0 Å². The number of halogens is 1. The summed E-state index contributed by atoms with van der Waals surface area (Å²) in [7, 11) is 0. The van der Waals surface area contributed by atoms with E-state index in [4.69, 9.17) is 16.3 Å². The van der Waals surface area contributed by atoms with E-state index in [2.05, 4.69) is 4.98 Å². The van der Waals surface area contributed by atoms with Crippen molar-refractivity contribution in [1.82, 2.24) is 9.55 Å². The first kappa shape index (κ1) is 14.8. The fourth-order valence-electron chi connectivity index (χ4n) is 1.88. The van der Waals surface area contributed by atoms with Crippen LogP contribution in [0.3, 0.4) is 0 Å². The maximum atomic E-state index is 12.0. The zero-order chi connectivity index (χ0) is 14.4. The van der Waals surface area contributed by atoms with Gasteiger partial charge in [0, 0.05) is 12.7 Å². The van der Waals surface area contributed by atoms with E-state index in [-0.39, 0.29) is 5.56 Å². The maximum Gasteiger partial charge on any atom is 0.272 e. The molecule has 0 radical (unpaired) electrons. The lowest BCUT2D eigenvalue weighted by atomic mass is 10.2. The second-order valence-electron chi connectivity index (χ2n) is 4.40. The van der Waals surface area contributed by atoms with E-state index in [0.29, 0.717) is 37.0 Å². The van der Waals surface area contributed by atoms with Crippen molar-refractivity contribution in [3.63, 3.8) is 0 Å². The molecule has 0 aliphatic rings. The first-order valence-corrected chi connectivity index (χ1v) is 6.96. The second kappa shape index (κ2) is 7.22. The Morgan fingerprint density at radius 2 is 2.05 bits per heavy atom. The molecule has 4 nitrogen and oxygen atoms in total. The Morgan fingerprint density at radius 1 is 1.30 bits per heavy atom. The van der Waals surface area contributed by atoms with E-state index in [1.165, 1.54) is 0 Å². The lowest BCUT2D eigenvalue weighted by molar-refractivity contribution is 0.112. The SMILES string of the molecule is CCc1nc(Cl)cn(CCOCc2ccccc2)c1=O. The molecule has 0 atom stereocenters. The summed E-state index contributed by atoms with van der Waals surface area (Å²) >= 11 is 5.90. The van der Waals surface area contributed by atoms with Crippen LogP contribution in [-0.2, 0) is 24.3 Å². The Balaban J connectivity index is 1.91. The summed E-state index contributed by atoms with van der Waals surface area (Å²) in [6.07, 6.45) is 2.12. The van der Waals surface area contributed by atoms with Gasteiger partial charge < -0.3 is 9.30 Å². The van der Waals surface area contributed by atoms with E-state index in [9.17, 15) is 4.79 Å². The summed E-state index contributed by atoms with van der Waals surface area (Å²) in [6, 6.07) is 9.92. The van der Waals surface area contributed by atoms with E-state index in [0.717, 1.165) is 5.56 Å². The van der Waals surface area contributed by atoms with Crippen molar-refractivity contribution in [2.24, 2.45) is 0 Å². The third kappa shape index (κ3) is 3.92. The Hall–Kier alpha value is -1.65. The topological polar surface area (TPSA) is 44.1 Å². The minimum Gasteiger partial charge on any atom is -0.375 e. The fraction of sp³-hybridized carbons (Fsp3) is 0.333. The lowest BCUT2D eigenvalue weighted by Gasteiger charge is -2.08. The van der Waals surface area contributed by atoms with Crippen molar-refractivity contribution in [3.8, 4) is 0 Å². The second-order valence-corrected chi connectivity index (χ2v) is 4.79. The Kier molecular flexibility index (Phi) is 5.32. The molecular weight excluding hydrogens is 276 g/mol. The van der Waals surface area contributed by atoms with Crippen LogP contribution < -0.4 is 5.56 Å². The summed E-state index contributed by atoms with van der Waals surface area (Å²) in [6.45, 7) is 3.35. The molecule has 0 unspecified atom stereocenters. The zero-order valence-electron chi connectivity index (χ0n) is 11.4. The van der Waals surface area contributed by atoms with Crippen LogP contribution in [0.1, 0.15) is 18.2 Å². The minimum atomic E-state index is -0.0970. The van der Waals surface area contributed by atoms with Crippen LogP contribution in [-0.4, -0.2) is 16.2 Å². The molecule has 0 fully saturated rings. The quantitative estimate of drug-likeness (QED) is 0.769. The van der Waals surface area contributed by atoms with Crippen molar-refractivity contribution in [2.45, 2.75) is 26.5 Å². The molecule has 0 saturated carbocycles. The molecule has 5 heteroatoms. The van der Waals surface area contributed by atoms with Crippen LogP contribution in [0.5, 0.6) is 0 Å². The zero-order valence-corrected chi connectivity index (χ0v) is 12.1. The summed E-state index contributed by atoms with van der Waals surface area (Å²) < 4.78 is 7.12. The van der Waals surface area contributed by atoms with Gasteiger partial charge in [0.05, 0.1) is 13.2 Å². The molecular formula is C15H17ClN2O2. The van der Waals surface area contributed by atoms with E-state index < -0.39 is 0 Å². The highest BCUT2D eigenvalue weighted by atomic mass is 35.5. The number of hydrogen-bond donors (Lipinski definition) is 0. The first-order valence-electron chi connectivity index (χ1n) is 6.58. The summed E-state index contributed by atoms with van der Waals surface area (Å²) in [5.74, 6) is 0. The average molecular weight is 293 g/mol. The van der Waals surface area contributed by atoms with Gasteiger partial charge in [0.1, 0.15) is 10.8 Å². The Morgan fingerprint density at radius 3 is 2.75 bits per heavy atom.